The molecule has 0 aromatic heterocycles. The summed E-state index contributed by atoms with van der Waals surface area (Å²) in [5, 5.41) is 32.1. The van der Waals surface area contributed by atoms with Crippen LogP contribution >= 0.6 is 0 Å². The fourth-order valence-electron chi connectivity index (χ4n) is 7.46. The van der Waals surface area contributed by atoms with Gasteiger partial charge in [0, 0.05) is 16.7 Å². The number of aliphatic hydroxyl groups is 3. The van der Waals surface area contributed by atoms with Crippen LogP contribution in [0.2, 0.25) is 0 Å². The minimum atomic E-state index is -1.68. The van der Waals surface area contributed by atoms with Crippen molar-refractivity contribution in [2.45, 2.75) is 58.2 Å². The molecule has 0 saturated heterocycles. The Kier molecular flexibility index (Phi) is 4.32. The zero-order chi connectivity index (χ0) is 20.6. The third kappa shape index (κ3) is 2.17. The topological polar surface area (TPSA) is 94.8 Å². The van der Waals surface area contributed by atoms with Gasteiger partial charge in [-0.05, 0) is 55.1 Å². The van der Waals surface area contributed by atoms with E-state index in [0.29, 0.717) is 24.8 Å². The average Bonchev–Trinajstić information content (AvgIpc) is 2.85. The van der Waals surface area contributed by atoms with E-state index in [2.05, 4.69) is 0 Å². The molecule has 0 bridgehead atoms. The second-order valence-electron chi connectivity index (χ2n) is 9.78. The molecule has 3 N–H and O–H groups in total. The van der Waals surface area contributed by atoms with Gasteiger partial charge < -0.3 is 15.3 Å². The minimum absolute atomic E-state index is 0.00359. The van der Waals surface area contributed by atoms with Crippen LogP contribution in [0.1, 0.15) is 46.5 Å². The first-order valence-electron chi connectivity index (χ1n) is 10.2. The van der Waals surface area contributed by atoms with E-state index in [1.54, 1.807) is 6.08 Å². The number of rotatable bonds is 2. The van der Waals surface area contributed by atoms with Crippen molar-refractivity contribution >= 4 is 11.6 Å². The van der Waals surface area contributed by atoms with Crippen molar-refractivity contribution in [1.82, 2.24) is 0 Å². The van der Waals surface area contributed by atoms with E-state index in [9.17, 15) is 29.3 Å². The molecule has 4 aliphatic rings. The highest BCUT2D eigenvalue weighted by molar-refractivity contribution is 6.04. The Balaban J connectivity index is 1.80. The van der Waals surface area contributed by atoms with Gasteiger partial charge in [-0.3, -0.25) is 9.59 Å². The number of hydrogen-bond donors (Lipinski definition) is 3. The van der Waals surface area contributed by atoms with Gasteiger partial charge in [-0.25, -0.2) is 4.39 Å². The third-order valence-electron chi connectivity index (χ3n) is 8.74. The Labute approximate surface area is 164 Å². The van der Waals surface area contributed by atoms with Gasteiger partial charge >= 0.3 is 0 Å². The van der Waals surface area contributed by atoms with Crippen LogP contribution in [0, 0.1) is 34.5 Å². The van der Waals surface area contributed by atoms with Crippen LogP contribution in [0.15, 0.2) is 23.6 Å². The molecule has 2 unspecified atom stereocenters. The zero-order valence-electron chi connectivity index (χ0n) is 16.6. The number of ketones is 2. The molecular weight excluding hydrogens is 363 g/mol. The SMILES string of the molecule is CC1C[C@H]2[C@@H]3CCC4=C(F)C(=O)C=C[C@]4(C)[C@H]3C(O)C[C@]2(C)[C@@]1(O)C(=O)CO. The first-order chi connectivity index (χ1) is 13.0. The van der Waals surface area contributed by atoms with Crippen LogP contribution in [0.5, 0.6) is 0 Å². The van der Waals surface area contributed by atoms with Crippen LogP contribution in [0.25, 0.3) is 0 Å². The summed E-state index contributed by atoms with van der Waals surface area (Å²) < 4.78 is 14.6. The molecule has 6 heteroatoms. The number of allylic oxidation sites excluding steroid dienone is 4. The number of carbonyl (C=O) groups excluding carboxylic acids is 2. The number of fused-ring (bicyclic) bond motifs is 5. The van der Waals surface area contributed by atoms with Gasteiger partial charge in [-0.15, -0.1) is 0 Å². The fourth-order valence-corrected chi connectivity index (χ4v) is 7.46. The van der Waals surface area contributed by atoms with Crippen molar-refractivity contribution < 1.29 is 29.3 Å². The smallest absolute Gasteiger partial charge is 0.213 e. The highest BCUT2D eigenvalue weighted by Crippen LogP contribution is 2.68. The van der Waals surface area contributed by atoms with Gasteiger partial charge in [0.1, 0.15) is 12.2 Å². The van der Waals surface area contributed by atoms with E-state index < -0.39 is 46.5 Å². The fraction of sp³-hybridized carbons (Fsp3) is 0.727. The number of Topliss-reactive ketones (excluding diaryl/α,β-unsaturated/α-hetero) is 1. The Morgan fingerprint density at radius 3 is 2.68 bits per heavy atom. The van der Waals surface area contributed by atoms with Crippen LogP contribution in [-0.4, -0.2) is 45.2 Å². The Bertz CT molecular complexity index is 803. The minimum Gasteiger partial charge on any atom is -0.393 e. The summed E-state index contributed by atoms with van der Waals surface area (Å²) in [6.07, 6.45) is 4.02. The van der Waals surface area contributed by atoms with E-state index >= 15 is 0 Å². The lowest BCUT2D eigenvalue weighted by molar-refractivity contribution is -0.183. The predicted molar refractivity (Wildman–Crippen MR) is 99.6 cm³/mol. The van der Waals surface area contributed by atoms with Crippen LogP contribution < -0.4 is 0 Å². The van der Waals surface area contributed by atoms with Gasteiger partial charge in [0.25, 0.3) is 0 Å². The molecule has 154 valence electrons. The maximum absolute atomic E-state index is 14.6. The molecule has 0 radical (unpaired) electrons. The summed E-state index contributed by atoms with van der Waals surface area (Å²) in [6.45, 7) is 4.83. The van der Waals surface area contributed by atoms with Crippen molar-refractivity contribution in [3.63, 3.8) is 0 Å². The molecule has 0 spiro atoms. The molecule has 0 aromatic rings. The predicted octanol–water partition coefficient (Wildman–Crippen LogP) is 2.10. The van der Waals surface area contributed by atoms with Crippen LogP contribution in [0.3, 0.4) is 0 Å². The summed E-state index contributed by atoms with van der Waals surface area (Å²) >= 11 is 0. The van der Waals surface area contributed by atoms with Gasteiger partial charge in [0.2, 0.25) is 5.78 Å². The summed E-state index contributed by atoms with van der Waals surface area (Å²) in [5.74, 6) is -2.54. The Morgan fingerprint density at radius 1 is 1.36 bits per heavy atom. The van der Waals surface area contributed by atoms with Crippen molar-refractivity contribution in [2.24, 2.45) is 34.5 Å². The summed E-state index contributed by atoms with van der Waals surface area (Å²) in [6, 6.07) is 0. The standard InChI is InChI=1S/C22H29FO5/c1-11-8-14-12-4-5-13-19(23)15(25)6-7-20(13,2)18(12)16(26)9-21(14,3)22(11,28)17(27)10-24/h6-7,11-12,14,16,18,24,26,28H,4-5,8-10H2,1-3H3/t11?,12-,14-,16?,18+,20-,21-,22-/m0/s1. The Hall–Kier alpha value is -1.37. The summed E-state index contributed by atoms with van der Waals surface area (Å²) in [7, 11) is 0. The number of carbonyl (C=O) groups is 2. The maximum atomic E-state index is 14.6. The van der Waals surface area contributed by atoms with E-state index in [1.165, 1.54) is 6.08 Å². The van der Waals surface area contributed by atoms with E-state index in [-0.39, 0.29) is 30.1 Å². The first kappa shape index (κ1) is 19.9. The third-order valence-corrected chi connectivity index (χ3v) is 8.74. The lowest BCUT2D eigenvalue weighted by atomic mass is 9.46. The molecule has 8 atom stereocenters. The normalized spacial score (nSPS) is 50.2. The molecule has 0 aromatic carbocycles. The van der Waals surface area contributed by atoms with Crippen LogP contribution in [0.4, 0.5) is 4.39 Å². The van der Waals surface area contributed by atoms with Crippen LogP contribution in [-0.2, 0) is 9.59 Å². The molecule has 0 amide bonds. The molecule has 5 nitrogen and oxygen atoms in total. The Morgan fingerprint density at radius 2 is 2.04 bits per heavy atom. The first-order valence-corrected chi connectivity index (χ1v) is 10.2. The average molecular weight is 392 g/mol. The second kappa shape index (κ2) is 6.07. The zero-order valence-corrected chi connectivity index (χ0v) is 16.6. The molecular formula is C22H29FO5. The molecule has 0 aliphatic heterocycles. The quantitative estimate of drug-likeness (QED) is 0.669. The number of hydrogen-bond acceptors (Lipinski definition) is 5. The molecule has 0 heterocycles. The van der Waals surface area contributed by atoms with Crippen molar-refractivity contribution in [3.8, 4) is 0 Å². The molecule has 3 saturated carbocycles. The molecule has 28 heavy (non-hydrogen) atoms. The molecule has 3 fully saturated rings. The van der Waals surface area contributed by atoms with Gasteiger partial charge in [0.15, 0.2) is 11.6 Å². The highest BCUT2D eigenvalue weighted by Gasteiger charge is 2.70. The summed E-state index contributed by atoms with van der Waals surface area (Å²) in [5.41, 5.74) is -2.81. The second-order valence-corrected chi connectivity index (χ2v) is 9.78. The monoisotopic (exact) mass is 392 g/mol. The molecule has 4 aliphatic carbocycles. The van der Waals surface area contributed by atoms with Gasteiger partial charge in [0.05, 0.1) is 6.10 Å². The largest absolute Gasteiger partial charge is 0.393 e. The number of halogens is 1. The number of aliphatic hydroxyl groups excluding tert-OH is 2. The van der Waals surface area contributed by atoms with E-state index in [0.717, 1.165) is 0 Å². The summed E-state index contributed by atoms with van der Waals surface area (Å²) in [4.78, 5) is 24.4. The van der Waals surface area contributed by atoms with E-state index in [1.807, 2.05) is 20.8 Å². The highest BCUT2D eigenvalue weighted by atomic mass is 19.1. The van der Waals surface area contributed by atoms with Gasteiger partial charge in [-0.1, -0.05) is 26.8 Å². The maximum Gasteiger partial charge on any atom is 0.213 e. The lowest BCUT2D eigenvalue weighted by Crippen LogP contribution is -2.62. The molecule has 4 rings (SSSR count). The van der Waals surface area contributed by atoms with Crippen molar-refractivity contribution in [1.29, 1.82) is 0 Å². The van der Waals surface area contributed by atoms with Crippen molar-refractivity contribution in [2.75, 3.05) is 6.61 Å². The van der Waals surface area contributed by atoms with Gasteiger partial charge in [-0.2, -0.15) is 0 Å². The van der Waals surface area contributed by atoms with E-state index in [4.69, 9.17) is 0 Å². The van der Waals surface area contributed by atoms with Crippen molar-refractivity contribution in [3.05, 3.63) is 23.6 Å². The lowest BCUT2D eigenvalue weighted by Gasteiger charge is -2.59.